The Morgan fingerprint density at radius 1 is 1.05 bits per heavy atom. The van der Waals surface area contributed by atoms with Crippen molar-refractivity contribution in [2.45, 2.75) is 19.6 Å². The van der Waals surface area contributed by atoms with Crippen LogP contribution < -0.4 is 16.0 Å². The second kappa shape index (κ2) is 6.60. The zero-order valence-corrected chi connectivity index (χ0v) is 11.3. The van der Waals surface area contributed by atoms with Crippen molar-refractivity contribution in [3.63, 3.8) is 0 Å². The average molecular weight is 296 g/mol. The Labute approximate surface area is 120 Å². The summed E-state index contributed by atoms with van der Waals surface area (Å²) < 4.78 is 42.1. The molecule has 0 saturated heterocycles. The molecule has 0 aliphatic carbocycles. The Bertz CT molecular complexity index is 602. The number of aryl methyl sites for hydroxylation is 1. The highest BCUT2D eigenvalue weighted by Gasteiger charge is 2.14. The highest BCUT2D eigenvalue weighted by molar-refractivity contribution is 5.36. The average Bonchev–Trinajstić information content (AvgIpc) is 2.45. The first-order valence-electron chi connectivity index (χ1n) is 6.28. The SMILES string of the molecule is Cc1ccc(C(NN)c2ccc(OC(F)F)cc2)cc1F. The largest absolute Gasteiger partial charge is 0.435 e. The van der Waals surface area contributed by atoms with E-state index >= 15 is 0 Å². The minimum Gasteiger partial charge on any atom is -0.435 e. The number of alkyl halides is 2. The summed E-state index contributed by atoms with van der Waals surface area (Å²) >= 11 is 0. The van der Waals surface area contributed by atoms with Gasteiger partial charge < -0.3 is 4.74 Å². The van der Waals surface area contributed by atoms with Crippen molar-refractivity contribution in [1.29, 1.82) is 0 Å². The molecule has 112 valence electrons. The normalized spacial score (nSPS) is 12.5. The number of rotatable bonds is 5. The van der Waals surface area contributed by atoms with Gasteiger partial charge in [0.05, 0.1) is 6.04 Å². The molecule has 3 N–H and O–H groups in total. The molecule has 1 unspecified atom stereocenters. The Hall–Kier alpha value is -2.05. The fourth-order valence-corrected chi connectivity index (χ4v) is 2.02. The number of hydrogen-bond donors (Lipinski definition) is 2. The first kappa shape index (κ1) is 15.3. The molecule has 0 amide bonds. The van der Waals surface area contributed by atoms with Crippen molar-refractivity contribution in [2.24, 2.45) is 5.84 Å². The molecule has 0 aliphatic heterocycles. The summed E-state index contributed by atoms with van der Waals surface area (Å²) in [7, 11) is 0. The van der Waals surface area contributed by atoms with Gasteiger partial charge in [0.1, 0.15) is 11.6 Å². The molecule has 2 rings (SSSR count). The quantitative estimate of drug-likeness (QED) is 0.657. The van der Waals surface area contributed by atoms with Gasteiger partial charge >= 0.3 is 6.61 Å². The molecule has 6 heteroatoms. The van der Waals surface area contributed by atoms with Gasteiger partial charge in [-0.3, -0.25) is 5.84 Å². The van der Waals surface area contributed by atoms with Crippen LogP contribution in [0.2, 0.25) is 0 Å². The third-order valence-corrected chi connectivity index (χ3v) is 3.13. The number of hydrazine groups is 1. The van der Waals surface area contributed by atoms with Gasteiger partial charge in [-0.25, -0.2) is 9.82 Å². The Morgan fingerprint density at radius 3 is 2.19 bits per heavy atom. The Morgan fingerprint density at radius 2 is 1.67 bits per heavy atom. The van der Waals surface area contributed by atoms with Crippen LogP contribution in [0.25, 0.3) is 0 Å². The summed E-state index contributed by atoms with van der Waals surface area (Å²) in [6.07, 6.45) is 0. The van der Waals surface area contributed by atoms with Crippen molar-refractivity contribution in [1.82, 2.24) is 5.43 Å². The van der Waals surface area contributed by atoms with E-state index in [4.69, 9.17) is 5.84 Å². The summed E-state index contributed by atoms with van der Waals surface area (Å²) in [6, 6.07) is 10.4. The van der Waals surface area contributed by atoms with Crippen molar-refractivity contribution >= 4 is 0 Å². The Balaban J connectivity index is 2.26. The topological polar surface area (TPSA) is 47.3 Å². The van der Waals surface area contributed by atoms with Gasteiger partial charge in [0, 0.05) is 0 Å². The van der Waals surface area contributed by atoms with E-state index < -0.39 is 12.7 Å². The molecule has 0 fully saturated rings. The van der Waals surface area contributed by atoms with Gasteiger partial charge in [0.2, 0.25) is 0 Å². The standard InChI is InChI=1S/C15H15F3N2O/c1-9-2-3-11(8-13(9)16)14(20-19)10-4-6-12(7-5-10)21-15(17)18/h2-8,14-15,20H,19H2,1H3. The maximum absolute atomic E-state index is 13.6. The lowest BCUT2D eigenvalue weighted by atomic mass is 9.98. The number of halogens is 3. The molecular formula is C15H15F3N2O. The van der Waals surface area contributed by atoms with E-state index in [-0.39, 0.29) is 11.6 Å². The lowest BCUT2D eigenvalue weighted by Crippen LogP contribution is -2.28. The molecule has 2 aromatic carbocycles. The van der Waals surface area contributed by atoms with Gasteiger partial charge in [-0.15, -0.1) is 0 Å². The molecule has 3 nitrogen and oxygen atoms in total. The molecule has 0 spiro atoms. The zero-order chi connectivity index (χ0) is 15.4. The summed E-state index contributed by atoms with van der Waals surface area (Å²) in [5.41, 5.74) is 4.48. The van der Waals surface area contributed by atoms with Crippen molar-refractivity contribution in [2.75, 3.05) is 0 Å². The summed E-state index contributed by atoms with van der Waals surface area (Å²) in [5.74, 6) is 5.25. The van der Waals surface area contributed by atoms with Gasteiger partial charge in [0.25, 0.3) is 0 Å². The summed E-state index contributed by atoms with van der Waals surface area (Å²) in [4.78, 5) is 0. The predicted octanol–water partition coefficient (Wildman–Crippen LogP) is 3.29. The monoisotopic (exact) mass is 296 g/mol. The highest BCUT2D eigenvalue weighted by Crippen LogP contribution is 2.25. The minimum atomic E-state index is -2.87. The van der Waals surface area contributed by atoms with Crippen LogP contribution in [0, 0.1) is 12.7 Å². The number of hydrogen-bond acceptors (Lipinski definition) is 3. The van der Waals surface area contributed by atoms with Crippen LogP contribution in [0.5, 0.6) is 5.75 Å². The van der Waals surface area contributed by atoms with Crippen LogP contribution in [0.3, 0.4) is 0 Å². The third-order valence-electron chi connectivity index (χ3n) is 3.13. The molecule has 0 aliphatic rings. The van der Waals surface area contributed by atoms with Gasteiger partial charge in [-0.1, -0.05) is 24.3 Å². The number of benzene rings is 2. The van der Waals surface area contributed by atoms with E-state index in [0.717, 1.165) is 0 Å². The van der Waals surface area contributed by atoms with Crippen LogP contribution in [0.4, 0.5) is 13.2 Å². The fraction of sp³-hybridized carbons (Fsp3) is 0.200. The molecule has 1 atom stereocenters. The van der Waals surface area contributed by atoms with Crippen molar-refractivity contribution in [3.05, 3.63) is 65.0 Å². The first-order chi connectivity index (χ1) is 10.0. The molecule has 2 aromatic rings. The molecular weight excluding hydrogens is 281 g/mol. The molecule has 0 aromatic heterocycles. The van der Waals surface area contributed by atoms with Crippen LogP contribution >= 0.6 is 0 Å². The van der Waals surface area contributed by atoms with E-state index in [9.17, 15) is 13.2 Å². The van der Waals surface area contributed by atoms with Crippen molar-refractivity contribution in [3.8, 4) is 5.75 Å². The van der Waals surface area contributed by atoms with E-state index in [1.165, 1.54) is 18.2 Å². The maximum Gasteiger partial charge on any atom is 0.387 e. The second-order valence-corrected chi connectivity index (χ2v) is 4.56. The van der Waals surface area contributed by atoms with Crippen molar-refractivity contribution < 1.29 is 17.9 Å². The van der Waals surface area contributed by atoms with E-state index in [1.807, 2.05) is 0 Å². The highest BCUT2D eigenvalue weighted by atomic mass is 19.3. The van der Waals surface area contributed by atoms with E-state index in [1.54, 1.807) is 31.2 Å². The zero-order valence-electron chi connectivity index (χ0n) is 11.3. The van der Waals surface area contributed by atoms with E-state index in [0.29, 0.717) is 16.7 Å². The number of nitrogens with two attached hydrogens (primary N) is 1. The van der Waals surface area contributed by atoms with Gasteiger partial charge in [0.15, 0.2) is 0 Å². The minimum absolute atomic E-state index is 0.0552. The van der Waals surface area contributed by atoms with Crippen LogP contribution in [0.1, 0.15) is 22.7 Å². The van der Waals surface area contributed by atoms with Crippen LogP contribution in [0.15, 0.2) is 42.5 Å². The molecule has 0 radical (unpaired) electrons. The number of nitrogens with one attached hydrogen (secondary N) is 1. The molecule has 0 bridgehead atoms. The van der Waals surface area contributed by atoms with Gasteiger partial charge in [-0.05, 0) is 41.8 Å². The summed E-state index contributed by atoms with van der Waals surface area (Å²) in [6.45, 7) is -1.20. The van der Waals surface area contributed by atoms with Gasteiger partial charge in [-0.2, -0.15) is 8.78 Å². The lowest BCUT2D eigenvalue weighted by Gasteiger charge is -2.18. The van der Waals surface area contributed by atoms with E-state index in [2.05, 4.69) is 10.2 Å². The smallest absolute Gasteiger partial charge is 0.387 e. The molecule has 0 saturated carbocycles. The van der Waals surface area contributed by atoms with Crippen LogP contribution in [-0.4, -0.2) is 6.61 Å². The lowest BCUT2D eigenvalue weighted by molar-refractivity contribution is -0.0498. The molecule has 21 heavy (non-hydrogen) atoms. The van der Waals surface area contributed by atoms with Crippen LogP contribution in [-0.2, 0) is 0 Å². The predicted molar refractivity (Wildman–Crippen MR) is 73.4 cm³/mol. The fourth-order valence-electron chi connectivity index (χ4n) is 2.02. The molecule has 0 heterocycles. The second-order valence-electron chi connectivity index (χ2n) is 4.56. The maximum atomic E-state index is 13.6. The number of ether oxygens (including phenoxy) is 1. The first-order valence-corrected chi connectivity index (χ1v) is 6.28. The third kappa shape index (κ3) is 3.74. The Kier molecular flexibility index (Phi) is 4.82. The summed E-state index contributed by atoms with van der Waals surface area (Å²) in [5, 5.41) is 0.